The second-order valence-electron chi connectivity index (χ2n) is 3.28. The summed E-state index contributed by atoms with van der Waals surface area (Å²) in [7, 11) is -3.24. The highest BCUT2D eigenvalue weighted by molar-refractivity contribution is 7.90. The Bertz CT molecular complexity index is 394. The third-order valence-corrected chi connectivity index (χ3v) is 3.50. The van der Waals surface area contributed by atoms with E-state index in [-0.39, 0.29) is 6.54 Å². The van der Waals surface area contributed by atoms with E-state index < -0.39 is 15.3 Å². The van der Waals surface area contributed by atoms with Gasteiger partial charge in [-0.1, -0.05) is 0 Å². The van der Waals surface area contributed by atoms with Crippen molar-refractivity contribution in [1.82, 2.24) is 9.71 Å². The molecule has 0 unspecified atom stereocenters. The molecule has 1 N–H and O–H groups in total. The first-order chi connectivity index (χ1) is 6.42. The van der Waals surface area contributed by atoms with Crippen molar-refractivity contribution in [3.8, 4) is 0 Å². The number of nitrogens with one attached hydrogen (secondary N) is 1. The highest BCUT2D eigenvalue weighted by Crippen LogP contribution is 2.03. The Hall–Kier alpha value is -0.880. The van der Waals surface area contributed by atoms with Gasteiger partial charge < -0.3 is 4.42 Å². The lowest BCUT2D eigenvalue weighted by molar-refractivity contribution is 0.463. The van der Waals surface area contributed by atoms with Gasteiger partial charge >= 0.3 is 0 Å². The van der Waals surface area contributed by atoms with Gasteiger partial charge in [0.1, 0.15) is 5.76 Å². The molecule has 0 saturated carbocycles. The van der Waals surface area contributed by atoms with Crippen LogP contribution in [0, 0.1) is 6.92 Å². The summed E-state index contributed by atoms with van der Waals surface area (Å²) in [5, 5.41) is -0.446. The molecule has 0 radical (unpaired) electrons. The van der Waals surface area contributed by atoms with Crippen LogP contribution < -0.4 is 4.72 Å². The molecule has 6 heteroatoms. The molecule has 80 valence electrons. The van der Waals surface area contributed by atoms with E-state index in [1.165, 1.54) is 0 Å². The van der Waals surface area contributed by atoms with Crippen LogP contribution in [0.2, 0.25) is 0 Å². The zero-order valence-corrected chi connectivity index (χ0v) is 9.26. The maximum atomic E-state index is 11.3. The summed E-state index contributed by atoms with van der Waals surface area (Å²) in [5.74, 6) is 1.05. The summed E-state index contributed by atoms with van der Waals surface area (Å²) >= 11 is 0. The average molecular weight is 218 g/mol. The van der Waals surface area contributed by atoms with Crippen molar-refractivity contribution in [1.29, 1.82) is 0 Å². The van der Waals surface area contributed by atoms with Crippen LogP contribution in [0.5, 0.6) is 0 Å². The molecule has 0 fully saturated rings. The average Bonchev–Trinajstić information content (AvgIpc) is 2.48. The summed E-state index contributed by atoms with van der Waals surface area (Å²) in [6, 6.07) is 0. The Labute approximate surface area is 83.6 Å². The van der Waals surface area contributed by atoms with Crippen molar-refractivity contribution < 1.29 is 12.8 Å². The van der Waals surface area contributed by atoms with E-state index in [9.17, 15) is 8.42 Å². The summed E-state index contributed by atoms with van der Waals surface area (Å²) < 4.78 is 30.2. The molecule has 0 bridgehead atoms. The molecular weight excluding hydrogens is 204 g/mol. The van der Waals surface area contributed by atoms with Gasteiger partial charge in [0, 0.05) is 0 Å². The van der Waals surface area contributed by atoms with Crippen LogP contribution in [0.1, 0.15) is 25.5 Å². The van der Waals surface area contributed by atoms with E-state index in [0.717, 1.165) is 0 Å². The minimum atomic E-state index is -3.24. The van der Waals surface area contributed by atoms with E-state index in [1.807, 2.05) is 0 Å². The lowest BCUT2D eigenvalue weighted by Crippen LogP contribution is -2.30. The van der Waals surface area contributed by atoms with Crippen LogP contribution >= 0.6 is 0 Å². The standard InChI is InChI=1S/C8H14N2O3S/c1-6(2)14(11,12)10-5-8-9-4-7(3)13-8/h4,6,10H,5H2,1-3H3. The number of rotatable bonds is 4. The minimum absolute atomic E-state index is 0.106. The van der Waals surface area contributed by atoms with Crippen molar-refractivity contribution in [2.45, 2.75) is 32.6 Å². The predicted octanol–water partition coefficient (Wildman–Crippen LogP) is 0.811. The number of hydrogen-bond acceptors (Lipinski definition) is 4. The Balaban J connectivity index is 2.57. The maximum Gasteiger partial charge on any atom is 0.214 e. The van der Waals surface area contributed by atoms with Crippen molar-refractivity contribution in [2.75, 3.05) is 0 Å². The second-order valence-corrected chi connectivity index (χ2v) is 5.60. The molecule has 0 aliphatic heterocycles. The van der Waals surface area contributed by atoms with Crippen LogP contribution in [0.15, 0.2) is 10.6 Å². The van der Waals surface area contributed by atoms with Crippen molar-refractivity contribution in [3.05, 3.63) is 17.8 Å². The molecule has 0 spiro atoms. The van der Waals surface area contributed by atoms with Crippen LogP contribution in [0.4, 0.5) is 0 Å². The fourth-order valence-electron chi connectivity index (χ4n) is 0.812. The summed E-state index contributed by atoms with van der Waals surface area (Å²) in [6.07, 6.45) is 1.55. The van der Waals surface area contributed by atoms with Crippen LogP contribution in [-0.4, -0.2) is 18.7 Å². The molecule has 14 heavy (non-hydrogen) atoms. The number of sulfonamides is 1. The number of aryl methyl sites for hydroxylation is 1. The number of aromatic nitrogens is 1. The van der Waals surface area contributed by atoms with E-state index in [0.29, 0.717) is 11.7 Å². The Morgan fingerprint density at radius 3 is 2.64 bits per heavy atom. The first-order valence-electron chi connectivity index (χ1n) is 4.31. The molecule has 0 aromatic carbocycles. The van der Waals surface area contributed by atoms with Gasteiger partial charge in [-0.3, -0.25) is 0 Å². The first kappa shape index (κ1) is 11.2. The van der Waals surface area contributed by atoms with Gasteiger partial charge in [0.2, 0.25) is 15.9 Å². The fourth-order valence-corrected chi connectivity index (χ4v) is 1.47. The topological polar surface area (TPSA) is 72.2 Å². The maximum absolute atomic E-state index is 11.3. The number of oxazole rings is 1. The van der Waals surface area contributed by atoms with E-state index >= 15 is 0 Å². The summed E-state index contributed by atoms with van der Waals surface area (Å²) in [4.78, 5) is 3.88. The smallest absolute Gasteiger partial charge is 0.214 e. The largest absolute Gasteiger partial charge is 0.445 e. The quantitative estimate of drug-likeness (QED) is 0.811. The first-order valence-corrected chi connectivity index (χ1v) is 5.86. The van der Waals surface area contributed by atoms with Gasteiger partial charge in [-0.15, -0.1) is 0 Å². The van der Waals surface area contributed by atoms with Gasteiger partial charge in [-0.2, -0.15) is 0 Å². The SMILES string of the molecule is Cc1cnc(CNS(=O)(=O)C(C)C)o1. The Kier molecular flexibility index (Phi) is 3.28. The third-order valence-electron chi connectivity index (χ3n) is 1.71. The van der Waals surface area contributed by atoms with Gasteiger partial charge in [-0.05, 0) is 20.8 Å². The molecule has 0 aliphatic carbocycles. The molecule has 0 aliphatic rings. The van der Waals surface area contributed by atoms with E-state index in [4.69, 9.17) is 4.42 Å². The molecule has 5 nitrogen and oxygen atoms in total. The molecule has 0 atom stereocenters. The zero-order chi connectivity index (χ0) is 10.8. The van der Waals surface area contributed by atoms with Crippen LogP contribution in [0.3, 0.4) is 0 Å². The van der Waals surface area contributed by atoms with Crippen LogP contribution in [0.25, 0.3) is 0 Å². The van der Waals surface area contributed by atoms with Gasteiger partial charge in [0.25, 0.3) is 0 Å². The van der Waals surface area contributed by atoms with Crippen molar-refractivity contribution in [2.24, 2.45) is 0 Å². The van der Waals surface area contributed by atoms with Crippen molar-refractivity contribution >= 4 is 10.0 Å². The predicted molar refractivity (Wildman–Crippen MR) is 52.1 cm³/mol. The monoisotopic (exact) mass is 218 g/mol. The zero-order valence-electron chi connectivity index (χ0n) is 8.44. The van der Waals surface area contributed by atoms with E-state index in [2.05, 4.69) is 9.71 Å². The van der Waals surface area contributed by atoms with E-state index in [1.54, 1.807) is 27.0 Å². The third kappa shape index (κ3) is 2.81. The molecule has 0 saturated heterocycles. The van der Waals surface area contributed by atoms with Gasteiger partial charge in [-0.25, -0.2) is 18.1 Å². The Morgan fingerprint density at radius 2 is 2.21 bits per heavy atom. The summed E-state index contributed by atoms with van der Waals surface area (Å²) in [6.45, 7) is 5.09. The molecule has 1 aromatic rings. The normalized spacial score (nSPS) is 12.3. The Morgan fingerprint density at radius 1 is 1.57 bits per heavy atom. The minimum Gasteiger partial charge on any atom is -0.445 e. The second kappa shape index (κ2) is 4.10. The fraction of sp³-hybridized carbons (Fsp3) is 0.625. The summed E-state index contributed by atoms with van der Waals surface area (Å²) in [5.41, 5.74) is 0. The highest BCUT2D eigenvalue weighted by atomic mass is 32.2. The number of hydrogen-bond donors (Lipinski definition) is 1. The molecule has 1 aromatic heterocycles. The molecule has 1 heterocycles. The lowest BCUT2D eigenvalue weighted by Gasteiger charge is -2.06. The molecular formula is C8H14N2O3S. The van der Waals surface area contributed by atoms with Gasteiger partial charge in [0.15, 0.2) is 0 Å². The van der Waals surface area contributed by atoms with Crippen molar-refractivity contribution in [3.63, 3.8) is 0 Å². The lowest BCUT2D eigenvalue weighted by atomic mass is 10.6. The molecule has 1 rings (SSSR count). The van der Waals surface area contributed by atoms with Gasteiger partial charge in [0.05, 0.1) is 18.0 Å². The highest BCUT2D eigenvalue weighted by Gasteiger charge is 2.15. The van der Waals surface area contributed by atoms with Crippen LogP contribution in [-0.2, 0) is 16.6 Å². The number of nitrogens with zero attached hydrogens (tertiary/aromatic N) is 1. The molecule has 0 amide bonds.